The highest BCUT2D eigenvalue weighted by atomic mass is 79.9. The Bertz CT molecular complexity index is 638. The monoisotopic (exact) mass is 378 g/mol. The number of nitrogens with one attached hydrogen (secondary N) is 1. The van der Waals surface area contributed by atoms with Crippen LogP contribution < -0.4 is 5.32 Å². The van der Waals surface area contributed by atoms with Crippen LogP contribution in [-0.4, -0.2) is 31.4 Å². The van der Waals surface area contributed by atoms with Crippen molar-refractivity contribution in [1.82, 2.24) is 10.2 Å². The molecule has 116 valence electrons. The van der Waals surface area contributed by atoms with Crippen LogP contribution >= 0.6 is 27.3 Å². The Morgan fingerprint density at radius 3 is 2.86 bits per heavy atom. The molecule has 0 saturated heterocycles. The minimum absolute atomic E-state index is 0.0814. The summed E-state index contributed by atoms with van der Waals surface area (Å²) in [5.41, 5.74) is 2.22. The van der Waals surface area contributed by atoms with Crippen molar-refractivity contribution in [1.29, 1.82) is 0 Å². The molecule has 2 aromatic rings. The SMILES string of the molecule is CN(C)C(CNC(=O)C=Cc1cccc(Br)c1)c1ccsc1. The van der Waals surface area contributed by atoms with Gasteiger partial charge in [0.25, 0.3) is 0 Å². The van der Waals surface area contributed by atoms with Crippen molar-refractivity contribution >= 4 is 39.2 Å². The van der Waals surface area contributed by atoms with Crippen LogP contribution in [0, 0.1) is 0 Å². The summed E-state index contributed by atoms with van der Waals surface area (Å²) in [6.45, 7) is 0.589. The maximum Gasteiger partial charge on any atom is 0.244 e. The van der Waals surface area contributed by atoms with Gasteiger partial charge in [0.05, 0.1) is 6.04 Å². The lowest BCUT2D eigenvalue weighted by Gasteiger charge is -2.23. The molecule has 0 saturated carbocycles. The first-order valence-electron chi connectivity index (χ1n) is 6.96. The zero-order valence-corrected chi connectivity index (χ0v) is 15.0. The number of nitrogens with zero attached hydrogens (tertiary/aromatic N) is 1. The predicted octanol–water partition coefficient (Wildman–Crippen LogP) is 3.94. The Morgan fingerprint density at radius 2 is 2.23 bits per heavy atom. The van der Waals surface area contributed by atoms with Crippen LogP contribution in [0.3, 0.4) is 0 Å². The van der Waals surface area contributed by atoms with Crippen molar-refractivity contribution in [3.05, 3.63) is 62.8 Å². The van der Waals surface area contributed by atoms with Gasteiger partial charge in [-0.05, 0) is 60.3 Å². The third kappa shape index (κ3) is 5.09. The first kappa shape index (κ1) is 16.9. The van der Waals surface area contributed by atoms with E-state index < -0.39 is 0 Å². The Balaban J connectivity index is 1.91. The highest BCUT2D eigenvalue weighted by Crippen LogP contribution is 2.20. The van der Waals surface area contributed by atoms with E-state index in [1.165, 1.54) is 5.56 Å². The lowest BCUT2D eigenvalue weighted by atomic mass is 10.1. The molecule has 0 bridgehead atoms. The van der Waals surface area contributed by atoms with Gasteiger partial charge in [0.15, 0.2) is 0 Å². The summed E-state index contributed by atoms with van der Waals surface area (Å²) in [7, 11) is 4.04. The van der Waals surface area contributed by atoms with Gasteiger partial charge in [-0.2, -0.15) is 11.3 Å². The summed E-state index contributed by atoms with van der Waals surface area (Å²) < 4.78 is 1.00. The van der Waals surface area contributed by atoms with Gasteiger partial charge in [-0.1, -0.05) is 28.1 Å². The van der Waals surface area contributed by atoms with Gasteiger partial charge in [-0.25, -0.2) is 0 Å². The number of benzene rings is 1. The lowest BCUT2D eigenvalue weighted by Crippen LogP contribution is -2.33. The van der Waals surface area contributed by atoms with Crippen molar-refractivity contribution in [2.75, 3.05) is 20.6 Å². The van der Waals surface area contributed by atoms with E-state index in [-0.39, 0.29) is 11.9 Å². The van der Waals surface area contributed by atoms with E-state index in [0.29, 0.717) is 6.54 Å². The molecule has 1 N–H and O–H groups in total. The number of rotatable bonds is 6. The smallest absolute Gasteiger partial charge is 0.244 e. The fourth-order valence-electron chi connectivity index (χ4n) is 2.10. The first-order chi connectivity index (χ1) is 10.6. The second-order valence-corrected chi connectivity index (χ2v) is 6.87. The van der Waals surface area contributed by atoms with Crippen LogP contribution in [0.15, 0.2) is 51.6 Å². The van der Waals surface area contributed by atoms with Crippen molar-refractivity contribution in [2.45, 2.75) is 6.04 Å². The Kier molecular flexibility index (Phi) is 6.36. The highest BCUT2D eigenvalue weighted by Gasteiger charge is 2.14. The quantitative estimate of drug-likeness (QED) is 0.771. The van der Waals surface area contributed by atoms with E-state index in [1.807, 2.05) is 44.4 Å². The zero-order chi connectivity index (χ0) is 15.9. The van der Waals surface area contributed by atoms with Crippen molar-refractivity contribution in [2.24, 2.45) is 0 Å². The molecule has 0 fully saturated rings. The van der Waals surface area contributed by atoms with Gasteiger partial charge < -0.3 is 10.2 Å². The highest BCUT2D eigenvalue weighted by molar-refractivity contribution is 9.10. The standard InChI is InChI=1S/C17H19BrN2OS/c1-20(2)16(14-8-9-22-12-14)11-19-17(21)7-6-13-4-3-5-15(18)10-13/h3-10,12,16H,11H2,1-2H3,(H,19,21). The second kappa shape index (κ2) is 8.27. The summed E-state index contributed by atoms with van der Waals surface area (Å²) in [6, 6.07) is 10.1. The molecule has 1 aromatic carbocycles. The molecule has 1 amide bonds. The van der Waals surface area contributed by atoms with Gasteiger partial charge >= 0.3 is 0 Å². The van der Waals surface area contributed by atoms with Crippen LogP contribution in [0.5, 0.6) is 0 Å². The van der Waals surface area contributed by atoms with E-state index in [4.69, 9.17) is 0 Å². The number of thiophene rings is 1. The summed E-state index contributed by atoms with van der Waals surface area (Å²) in [5.74, 6) is -0.0814. The summed E-state index contributed by atoms with van der Waals surface area (Å²) in [5, 5.41) is 7.14. The maximum absolute atomic E-state index is 12.0. The van der Waals surface area contributed by atoms with Gasteiger partial charge in [0.1, 0.15) is 0 Å². The third-order valence-electron chi connectivity index (χ3n) is 3.30. The molecule has 2 rings (SSSR count). The zero-order valence-electron chi connectivity index (χ0n) is 12.6. The number of halogens is 1. The topological polar surface area (TPSA) is 32.3 Å². The van der Waals surface area contributed by atoms with E-state index in [2.05, 4.69) is 43.0 Å². The second-order valence-electron chi connectivity index (χ2n) is 5.17. The fraction of sp³-hybridized carbons (Fsp3) is 0.235. The summed E-state index contributed by atoms with van der Waals surface area (Å²) >= 11 is 5.09. The predicted molar refractivity (Wildman–Crippen MR) is 96.9 cm³/mol. The molecule has 0 spiro atoms. The van der Waals surface area contributed by atoms with E-state index in [1.54, 1.807) is 17.4 Å². The van der Waals surface area contributed by atoms with Crippen molar-refractivity contribution < 1.29 is 4.79 Å². The van der Waals surface area contributed by atoms with E-state index in [0.717, 1.165) is 10.0 Å². The molecular formula is C17H19BrN2OS. The van der Waals surface area contributed by atoms with Crippen LogP contribution in [0.25, 0.3) is 6.08 Å². The van der Waals surface area contributed by atoms with Gasteiger partial charge in [-0.3, -0.25) is 4.79 Å². The third-order valence-corrected chi connectivity index (χ3v) is 4.49. The number of hydrogen-bond donors (Lipinski definition) is 1. The number of hydrogen-bond acceptors (Lipinski definition) is 3. The van der Waals surface area contributed by atoms with Gasteiger partial charge in [0.2, 0.25) is 5.91 Å². The number of likely N-dealkylation sites (N-methyl/N-ethyl adjacent to an activating group) is 1. The molecule has 1 aromatic heterocycles. The van der Waals surface area contributed by atoms with Crippen molar-refractivity contribution in [3.8, 4) is 0 Å². The van der Waals surface area contributed by atoms with Gasteiger partial charge in [-0.15, -0.1) is 0 Å². The molecule has 0 aliphatic rings. The summed E-state index contributed by atoms with van der Waals surface area (Å²) in [6.07, 6.45) is 3.39. The molecule has 5 heteroatoms. The largest absolute Gasteiger partial charge is 0.351 e. The minimum atomic E-state index is -0.0814. The number of amides is 1. The minimum Gasteiger partial charge on any atom is -0.351 e. The average Bonchev–Trinajstić information content (AvgIpc) is 2.99. The van der Waals surface area contributed by atoms with Crippen LogP contribution in [-0.2, 0) is 4.79 Å². The van der Waals surface area contributed by atoms with E-state index >= 15 is 0 Å². The number of carbonyl (C=O) groups excluding carboxylic acids is 1. The molecular weight excluding hydrogens is 360 g/mol. The number of carbonyl (C=O) groups is 1. The van der Waals surface area contributed by atoms with E-state index in [9.17, 15) is 4.79 Å². The van der Waals surface area contributed by atoms with Crippen molar-refractivity contribution in [3.63, 3.8) is 0 Å². The lowest BCUT2D eigenvalue weighted by molar-refractivity contribution is -0.116. The first-order valence-corrected chi connectivity index (χ1v) is 8.70. The molecule has 1 atom stereocenters. The molecule has 1 unspecified atom stereocenters. The summed E-state index contributed by atoms with van der Waals surface area (Å²) in [4.78, 5) is 14.1. The molecule has 1 heterocycles. The fourth-order valence-corrected chi connectivity index (χ4v) is 3.23. The molecule has 22 heavy (non-hydrogen) atoms. The molecule has 0 aliphatic carbocycles. The molecule has 0 radical (unpaired) electrons. The normalized spacial score (nSPS) is 12.7. The Labute approximate surface area is 143 Å². The average molecular weight is 379 g/mol. The Morgan fingerprint density at radius 1 is 1.41 bits per heavy atom. The Hall–Kier alpha value is -1.43. The molecule has 0 aliphatic heterocycles. The van der Waals surface area contributed by atoms with Crippen LogP contribution in [0.4, 0.5) is 0 Å². The maximum atomic E-state index is 12.0. The molecule has 3 nitrogen and oxygen atoms in total. The van der Waals surface area contributed by atoms with Gasteiger partial charge in [0, 0.05) is 17.1 Å². The van der Waals surface area contributed by atoms with Crippen LogP contribution in [0.1, 0.15) is 17.2 Å². The van der Waals surface area contributed by atoms with Crippen LogP contribution in [0.2, 0.25) is 0 Å².